The van der Waals surface area contributed by atoms with Crippen LogP contribution in [0.4, 0.5) is 5.69 Å². The number of amides is 2. The maximum atomic E-state index is 13.1. The van der Waals surface area contributed by atoms with Gasteiger partial charge in [-0.05, 0) is 55.7 Å². The number of piperidine rings is 1. The van der Waals surface area contributed by atoms with E-state index >= 15 is 0 Å². The number of carbonyl (C=O) groups excluding carboxylic acids is 2. The van der Waals surface area contributed by atoms with Crippen molar-refractivity contribution in [3.05, 3.63) is 54.6 Å². The molecule has 166 valence electrons. The molecule has 2 N–H and O–H groups in total. The Morgan fingerprint density at radius 3 is 2.42 bits per heavy atom. The quantitative estimate of drug-likeness (QED) is 0.637. The van der Waals surface area contributed by atoms with Gasteiger partial charge in [0, 0.05) is 24.8 Å². The van der Waals surface area contributed by atoms with Gasteiger partial charge in [0.15, 0.2) is 0 Å². The number of hydrogen-bond donors (Lipinski definition) is 2. The topological polar surface area (TPSA) is 105 Å². The lowest BCUT2D eigenvalue weighted by Gasteiger charge is -2.34. The van der Waals surface area contributed by atoms with Gasteiger partial charge < -0.3 is 15.4 Å². The molecule has 1 saturated heterocycles. The molecule has 9 heteroatoms. The second-order valence-electron chi connectivity index (χ2n) is 7.31. The second kappa shape index (κ2) is 10.4. The molecule has 0 aromatic heterocycles. The molecule has 3 rings (SSSR count). The molecular weight excluding hydrogens is 418 g/mol. The summed E-state index contributed by atoms with van der Waals surface area (Å²) in [5.41, 5.74) is 0.534. The zero-order chi connectivity index (χ0) is 22.3. The van der Waals surface area contributed by atoms with Gasteiger partial charge in [0.05, 0.1) is 12.0 Å². The van der Waals surface area contributed by atoms with Crippen LogP contribution in [-0.4, -0.2) is 50.8 Å². The lowest BCUT2D eigenvalue weighted by molar-refractivity contribution is -0.136. The molecule has 0 radical (unpaired) electrons. The first-order chi connectivity index (χ1) is 14.9. The molecule has 0 spiro atoms. The summed E-state index contributed by atoms with van der Waals surface area (Å²) in [7, 11) is -2.13. The minimum absolute atomic E-state index is 0.209. The summed E-state index contributed by atoms with van der Waals surface area (Å²) < 4.78 is 32.9. The fourth-order valence-electron chi connectivity index (χ4n) is 3.60. The van der Waals surface area contributed by atoms with Crippen LogP contribution >= 0.6 is 0 Å². The maximum absolute atomic E-state index is 13.1. The van der Waals surface area contributed by atoms with E-state index in [4.69, 9.17) is 4.74 Å². The predicted molar refractivity (Wildman–Crippen MR) is 117 cm³/mol. The van der Waals surface area contributed by atoms with Gasteiger partial charge in [-0.3, -0.25) is 9.59 Å². The summed E-state index contributed by atoms with van der Waals surface area (Å²) in [5.74, 6) is -0.910. The van der Waals surface area contributed by atoms with Crippen LogP contribution < -0.4 is 15.4 Å². The smallest absolute Gasteiger partial charge is 0.313 e. The lowest BCUT2D eigenvalue weighted by atomic mass is 10.0. The monoisotopic (exact) mass is 445 g/mol. The van der Waals surface area contributed by atoms with Crippen LogP contribution in [0.2, 0.25) is 0 Å². The third-order valence-electron chi connectivity index (χ3n) is 5.24. The lowest BCUT2D eigenvalue weighted by Crippen LogP contribution is -2.45. The normalized spacial score (nSPS) is 17.0. The van der Waals surface area contributed by atoms with E-state index in [2.05, 4.69) is 10.6 Å². The number of ether oxygens (including phenoxy) is 1. The van der Waals surface area contributed by atoms with Crippen LogP contribution in [0.3, 0.4) is 0 Å². The first kappa shape index (κ1) is 22.8. The highest BCUT2D eigenvalue weighted by Gasteiger charge is 2.33. The van der Waals surface area contributed by atoms with E-state index in [0.717, 1.165) is 12.8 Å². The van der Waals surface area contributed by atoms with Crippen molar-refractivity contribution in [2.45, 2.75) is 36.6 Å². The Bertz CT molecular complexity index is 994. The third kappa shape index (κ3) is 5.83. The van der Waals surface area contributed by atoms with Gasteiger partial charge >= 0.3 is 11.8 Å². The van der Waals surface area contributed by atoms with Gasteiger partial charge in [0.25, 0.3) is 0 Å². The van der Waals surface area contributed by atoms with E-state index < -0.39 is 21.8 Å². The van der Waals surface area contributed by atoms with Gasteiger partial charge in [-0.2, -0.15) is 4.31 Å². The van der Waals surface area contributed by atoms with Crippen molar-refractivity contribution in [1.82, 2.24) is 9.62 Å². The average molecular weight is 446 g/mol. The van der Waals surface area contributed by atoms with Gasteiger partial charge in [-0.1, -0.05) is 24.6 Å². The number of anilines is 1. The molecule has 0 aliphatic carbocycles. The van der Waals surface area contributed by atoms with Gasteiger partial charge in [0.2, 0.25) is 10.0 Å². The Morgan fingerprint density at radius 1 is 1.03 bits per heavy atom. The highest BCUT2D eigenvalue weighted by molar-refractivity contribution is 7.89. The Hall–Kier alpha value is -2.91. The van der Waals surface area contributed by atoms with Crippen LogP contribution in [0, 0.1) is 0 Å². The Balaban J connectivity index is 1.58. The first-order valence-corrected chi connectivity index (χ1v) is 11.7. The molecule has 1 aliphatic rings. The molecule has 1 aliphatic heterocycles. The minimum Gasteiger partial charge on any atom is -0.497 e. The third-order valence-corrected chi connectivity index (χ3v) is 7.21. The molecule has 2 aromatic rings. The number of nitrogens with one attached hydrogen (secondary N) is 2. The van der Waals surface area contributed by atoms with Crippen molar-refractivity contribution in [2.24, 2.45) is 0 Å². The van der Waals surface area contributed by atoms with Crippen molar-refractivity contribution < 1.29 is 22.7 Å². The molecule has 0 saturated carbocycles. The van der Waals surface area contributed by atoms with E-state index in [1.807, 2.05) is 6.07 Å². The number of methoxy groups -OCH3 is 1. The SMILES string of the molecule is COc1ccc(S(=O)(=O)N2CCCC[C@H]2CCNC(=O)C(=O)Nc2ccccc2)cc1. The summed E-state index contributed by atoms with van der Waals surface area (Å²) in [6.07, 6.45) is 2.85. The molecule has 0 bridgehead atoms. The molecule has 8 nitrogen and oxygen atoms in total. The number of rotatable bonds is 7. The summed E-state index contributed by atoms with van der Waals surface area (Å²) in [4.78, 5) is 24.3. The second-order valence-corrected chi connectivity index (χ2v) is 9.20. The molecule has 2 amide bonds. The fourth-order valence-corrected chi connectivity index (χ4v) is 5.33. The molecule has 1 atom stereocenters. The minimum atomic E-state index is -3.66. The van der Waals surface area contributed by atoms with Crippen LogP contribution in [-0.2, 0) is 19.6 Å². The Morgan fingerprint density at radius 2 is 1.74 bits per heavy atom. The van der Waals surface area contributed by atoms with E-state index in [-0.39, 0.29) is 17.5 Å². The number of sulfonamides is 1. The summed E-state index contributed by atoms with van der Waals surface area (Å²) in [6.45, 7) is 0.641. The van der Waals surface area contributed by atoms with Gasteiger partial charge in [-0.15, -0.1) is 0 Å². The molecule has 1 heterocycles. The van der Waals surface area contributed by atoms with Crippen LogP contribution in [0.1, 0.15) is 25.7 Å². The average Bonchev–Trinajstić information content (AvgIpc) is 2.80. The summed E-state index contributed by atoms with van der Waals surface area (Å²) >= 11 is 0. The van der Waals surface area contributed by atoms with E-state index in [0.29, 0.717) is 30.8 Å². The predicted octanol–water partition coefficient (Wildman–Crippen LogP) is 2.38. The zero-order valence-electron chi connectivity index (χ0n) is 17.4. The molecule has 31 heavy (non-hydrogen) atoms. The van der Waals surface area contributed by atoms with Crippen molar-refractivity contribution >= 4 is 27.5 Å². The number of carbonyl (C=O) groups is 2. The van der Waals surface area contributed by atoms with Gasteiger partial charge in [-0.25, -0.2) is 8.42 Å². The van der Waals surface area contributed by atoms with E-state index in [9.17, 15) is 18.0 Å². The van der Waals surface area contributed by atoms with E-state index in [1.54, 1.807) is 36.4 Å². The van der Waals surface area contributed by atoms with Crippen molar-refractivity contribution in [3.8, 4) is 5.75 Å². The largest absolute Gasteiger partial charge is 0.497 e. The number of para-hydroxylation sites is 1. The van der Waals surface area contributed by atoms with Crippen molar-refractivity contribution in [1.29, 1.82) is 0 Å². The van der Waals surface area contributed by atoms with Crippen LogP contribution in [0.25, 0.3) is 0 Å². The number of nitrogens with zero attached hydrogens (tertiary/aromatic N) is 1. The Labute approximate surface area is 182 Å². The molecule has 1 fully saturated rings. The van der Waals surface area contributed by atoms with E-state index in [1.165, 1.54) is 23.5 Å². The zero-order valence-corrected chi connectivity index (χ0v) is 18.2. The summed E-state index contributed by atoms with van der Waals surface area (Å²) in [6, 6.07) is 14.8. The number of benzene rings is 2. The maximum Gasteiger partial charge on any atom is 0.313 e. The van der Waals surface area contributed by atoms with Crippen LogP contribution in [0.15, 0.2) is 59.5 Å². The standard InChI is InChI=1S/C22H27N3O5S/c1-30-19-10-12-20(13-11-19)31(28,29)25-16-6-5-9-18(25)14-15-23-21(26)22(27)24-17-7-3-2-4-8-17/h2-4,7-8,10-13,18H,5-6,9,14-16H2,1H3,(H,23,26)(H,24,27)/t18-/m0/s1. The van der Waals surface area contributed by atoms with Crippen molar-refractivity contribution in [3.63, 3.8) is 0 Å². The first-order valence-electron chi connectivity index (χ1n) is 10.2. The fraction of sp³-hybridized carbons (Fsp3) is 0.364. The Kier molecular flexibility index (Phi) is 7.64. The van der Waals surface area contributed by atoms with Gasteiger partial charge in [0.1, 0.15) is 5.75 Å². The number of hydrogen-bond acceptors (Lipinski definition) is 5. The summed E-state index contributed by atoms with van der Waals surface area (Å²) in [5, 5.41) is 5.11. The highest BCUT2D eigenvalue weighted by atomic mass is 32.2. The highest BCUT2D eigenvalue weighted by Crippen LogP contribution is 2.27. The van der Waals surface area contributed by atoms with Crippen LogP contribution in [0.5, 0.6) is 5.75 Å². The molecular formula is C22H27N3O5S. The molecule has 2 aromatic carbocycles. The van der Waals surface area contributed by atoms with Crippen molar-refractivity contribution in [2.75, 3.05) is 25.5 Å². The molecule has 0 unspecified atom stereocenters.